The summed E-state index contributed by atoms with van der Waals surface area (Å²) in [7, 11) is 5.15. The van der Waals surface area contributed by atoms with E-state index in [-0.39, 0.29) is 11.5 Å². The molecule has 0 unspecified atom stereocenters. The quantitative estimate of drug-likeness (QED) is 0.286. The number of carbonyl (C=O) groups excluding carboxylic acids is 2. The normalized spacial score (nSPS) is 13.0. The van der Waals surface area contributed by atoms with Gasteiger partial charge in [0.05, 0.1) is 34.6 Å². The van der Waals surface area contributed by atoms with Crippen molar-refractivity contribution in [1.29, 1.82) is 5.41 Å². The first-order valence-electron chi connectivity index (χ1n) is 12.3. The summed E-state index contributed by atoms with van der Waals surface area (Å²) >= 11 is 5.90. The zero-order valence-electron chi connectivity index (χ0n) is 21.7. The van der Waals surface area contributed by atoms with E-state index in [2.05, 4.69) is 20.5 Å². The lowest BCUT2D eigenvalue weighted by molar-refractivity contribution is 0.102. The van der Waals surface area contributed by atoms with Crippen molar-refractivity contribution in [2.75, 3.05) is 49.8 Å². The number of amidine groups is 1. The Kier molecular flexibility index (Phi) is 8.48. The molecule has 0 bridgehead atoms. The number of nitrogens with one attached hydrogen (secondary N) is 3. The summed E-state index contributed by atoms with van der Waals surface area (Å²) in [6, 6.07) is 13.5. The lowest BCUT2D eigenvalue weighted by Gasteiger charge is -2.31. The van der Waals surface area contributed by atoms with Crippen LogP contribution in [0.15, 0.2) is 54.7 Å². The van der Waals surface area contributed by atoms with Gasteiger partial charge in [-0.25, -0.2) is 4.98 Å². The third-order valence-electron chi connectivity index (χ3n) is 6.35. The summed E-state index contributed by atoms with van der Waals surface area (Å²) in [5, 5.41) is 14.5. The number of ether oxygens (including phenoxy) is 1. The monoisotopic (exact) mass is 534 g/mol. The lowest BCUT2D eigenvalue weighted by Crippen LogP contribution is -2.32. The topological polar surface area (TPSA) is 111 Å². The molecular formula is C28H31ClN6O3. The van der Waals surface area contributed by atoms with Crippen LogP contribution in [0.2, 0.25) is 5.02 Å². The van der Waals surface area contributed by atoms with Crippen LogP contribution in [0.25, 0.3) is 0 Å². The van der Waals surface area contributed by atoms with E-state index in [0.29, 0.717) is 33.7 Å². The van der Waals surface area contributed by atoms with E-state index in [1.807, 2.05) is 20.2 Å². The molecule has 9 nitrogen and oxygen atoms in total. The van der Waals surface area contributed by atoms with E-state index < -0.39 is 5.91 Å². The summed E-state index contributed by atoms with van der Waals surface area (Å²) in [5.41, 5.74) is 2.53. The molecule has 0 saturated carbocycles. The first kappa shape index (κ1) is 26.9. The zero-order chi connectivity index (χ0) is 27.2. The number of halogens is 1. The fourth-order valence-corrected chi connectivity index (χ4v) is 4.41. The molecule has 2 heterocycles. The van der Waals surface area contributed by atoms with Crippen LogP contribution < -0.4 is 20.3 Å². The molecule has 198 valence electrons. The number of aromatic nitrogens is 1. The molecule has 0 radical (unpaired) electrons. The standard InChI is InChI=1S/C28H31ClN6O3/c1-34(2)26(30)18-7-10-21(24(15-18)35-13-5-4-6-14-35)27(36)32-23-11-9-20(38-3)16-22(23)28(37)33-25-12-8-19(29)17-31-25/h7-12,15-17,30H,4-6,13-14H2,1-3H3,(H,32,36)(H,31,33,37). The maximum atomic E-state index is 13.6. The van der Waals surface area contributed by atoms with Crippen molar-refractivity contribution < 1.29 is 14.3 Å². The molecule has 10 heteroatoms. The first-order valence-corrected chi connectivity index (χ1v) is 12.7. The van der Waals surface area contributed by atoms with Gasteiger partial charge < -0.3 is 25.2 Å². The summed E-state index contributed by atoms with van der Waals surface area (Å²) in [4.78, 5) is 34.8. The van der Waals surface area contributed by atoms with E-state index in [1.165, 1.54) is 13.3 Å². The third-order valence-corrected chi connectivity index (χ3v) is 6.57. The molecule has 3 N–H and O–H groups in total. The Labute approximate surface area is 227 Å². The van der Waals surface area contributed by atoms with Crippen LogP contribution >= 0.6 is 11.6 Å². The highest BCUT2D eigenvalue weighted by molar-refractivity contribution is 6.30. The smallest absolute Gasteiger partial charge is 0.259 e. The van der Waals surface area contributed by atoms with Crippen molar-refractivity contribution in [2.24, 2.45) is 0 Å². The predicted octanol–water partition coefficient (Wildman–Crippen LogP) is 5.13. The number of hydrogen-bond acceptors (Lipinski definition) is 6. The lowest BCUT2D eigenvalue weighted by atomic mass is 10.0. The molecule has 4 rings (SSSR count). The first-order chi connectivity index (χ1) is 18.3. The summed E-state index contributed by atoms with van der Waals surface area (Å²) in [5.74, 6) is 0.348. The average Bonchev–Trinajstić information content (AvgIpc) is 2.94. The third kappa shape index (κ3) is 6.23. The van der Waals surface area contributed by atoms with Gasteiger partial charge in [-0.3, -0.25) is 15.0 Å². The van der Waals surface area contributed by atoms with Crippen molar-refractivity contribution in [3.05, 3.63) is 76.4 Å². The van der Waals surface area contributed by atoms with Crippen molar-refractivity contribution >= 4 is 46.4 Å². The van der Waals surface area contributed by atoms with Gasteiger partial charge in [-0.2, -0.15) is 0 Å². The van der Waals surface area contributed by atoms with Gasteiger partial charge in [0, 0.05) is 38.9 Å². The van der Waals surface area contributed by atoms with Gasteiger partial charge in [-0.1, -0.05) is 17.7 Å². The molecule has 0 aliphatic carbocycles. The summed E-state index contributed by atoms with van der Waals surface area (Å²) in [6.07, 6.45) is 4.67. The summed E-state index contributed by atoms with van der Waals surface area (Å²) < 4.78 is 5.31. The number of nitrogens with zero attached hydrogens (tertiary/aromatic N) is 3. The van der Waals surface area contributed by atoms with Gasteiger partial charge in [0.15, 0.2) is 0 Å². The minimum Gasteiger partial charge on any atom is -0.497 e. The molecule has 2 aromatic carbocycles. The fraction of sp³-hybridized carbons (Fsp3) is 0.286. The molecule has 3 aromatic rings. The average molecular weight is 535 g/mol. The van der Waals surface area contributed by atoms with Crippen LogP contribution in [0, 0.1) is 5.41 Å². The molecule has 1 saturated heterocycles. The molecule has 1 aliphatic rings. The van der Waals surface area contributed by atoms with Gasteiger partial charge in [0.1, 0.15) is 17.4 Å². The molecular weight excluding hydrogens is 504 g/mol. The predicted molar refractivity (Wildman–Crippen MR) is 151 cm³/mol. The van der Waals surface area contributed by atoms with Crippen LogP contribution in [0.4, 0.5) is 17.2 Å². The molecule has 1 fully saturated rings. The van der Waals surface area contributed by atoms with E-state index in [4.69, 9.17) is 21.7 Å². The minimum absolute atomic E-state index is 0.222. The van der Waals surface area contributed by atoms with Crippen LogP contribution in [0.5, 0.6) is 5.75 Å². The van der Waals surface area contributed by atoms with E-state index in [1.54, 1.807) is 47.4 Å². The van der Waals surface area contributed by atoms with Crippen LogP contribution in [0.3, 0.4) is 0 Å². The Bertz CT molecular complexity index is 1340. The molecule has 0 spiro atoms. The SMILES string of the molecule is COc1ccc(NC(=O)c2ccc(C(=N)N(C)C)cc2N2CCCCC2)c(C(=O)Nc2ccc(Cl)cn2)c1. The maximum absolute atomic E-state index is 13.6. The van der Waals surface area contributed by atoms with Crippen LogP contribution in [-0.2, 0) is 0 Å². The number of pyridine rings is 1. The summed E-state index contributed by atoms with van der Waals surface area (Å²) in [6.45, 7) is 1.67. The Morgan fingerprint density at radius 1 is 0.974 bits per heavy atom. The highest BCUT2D eigenvalue weighted by Gasteiger charge is 2.22. The zero-order valence-corrected chi connectivity index (χ0v) is 22.4. The highest BCUT2D eigenvalue weighted by atomic mass is 35.5. The number of piperidine rings is 1. The van der Waals surface area contributed by atoms with Gasteiger partial charge >= 0.3 is 0 Å². The molecule has 0 atom stereocenters. The molecule has 2 amide bonds. The van der Waals surface area contributed by atoms with E-state index in [9.17, 15) is 9.59 Å². The number of anilines is 3. The van der Waals surface area contributed by atoms with Crippen molar-refractivity contribution in [2.45, 2.75) is 19.3 Å². The van der Waals surface area contributed by atoms with Crippen LogP contribution in [-0.4, -0.2) is 61.8 Å². The van der Waals surface area contributed by atoms with Crippen molar-refractivity contribution in [3.63, 3.8) is 0 Å². The van der Waals surface area contributed by atoms with Crippen molar-refractivity contribution in [1.82, 2.24) is 9.88 Å². The van der Waals surface area contributed by atoms with Gasteiger partial charge in [-0.15, -0.1) is 0 Å². The number of rotatable bonds is 7. The number of methoxy groups -OCH3 is 1. The van der Waals surface area contributed by atoms with Crippen LogP contribution in [0.1, 0.15) is 45.5 Å². The van der Waals surface area contributed by atoms with E-state index in [0.717, 1.165) is 43.6 Å². The van der Waals surface area contributed by atoms with Gasteiger partial charge in [0.2, 0.25) is 0 Å². The Balaban J connectivity index is 1.66. The maximum Gasteiger partial charge on any atom is 0.259 e. The minimum atomic E-state index is -0.458. The number of amides is 2. The Morgan fingerprint density at radius 3 is 2.37 bits per heavy atom. The van der Waals surface area contributed by atoms with E-state index >= 15 is 0 Å². The second-order valence-corrected chi connectivity index (χ2v) is 9.64. The van der Waals surface area contributed by atoms with Gasteiger partial charge in [-0.05, 0) is 61.7 Å². The Hall–Kier alpha value is -4.11. The highest BCUT2D eigenvalue weighted by Crippen LogP contribution is 2.29. The fourth-order valence-electron chi connectivity index (χ4n) is 4.30. The second kappa shape index (κ2) is 12.0. The molecule has 1 aromatic heterocycles. The largest absolute Gasteiger partial charge is 0.497 e. The van der Waals surface area contributed by atoms with Crippen molar-refractivity contribution in [3.8, 4) is 5.75 Å². The number of hydrogen-bond donors (Lipinski definition) is 3. The van der Waals surface area contributed by atoms with Gasteiger partial charge in [0.25, 0.3) is 11.8 Å². The molecule has 38 heavy (non-hydrogen) atoms. The molecule has 1 aliphatic heterocycles. The Morgan fingerprint density at radius 2 is 1.71 bits per heavy atom. The number of benzene rings is 2. The number of carbonyl (C=O) groups is 2. The second-order valence-electron chi connectivity index (χ2n) is 9.20.